The SMILES string of the molecule is CC(C)=C(Nc1cccc(C(F)(F)F)c1C)c1ccc(C(C)(C)C)cc1. The third-order valence-electron chi connectivity index (χ3n) is 4.44. The molecule has 0 aliphatic rings. The van der Waals surface area contributed by atoms with E-state index < -0.39 is 11.7 Å². The number of allylic oxidation sites excluding steroid dienone is 1. The van der Waals surface area contributed by atoms with E-state index in [0.717, 1.165) is 22.9 Å². The van der Waals surface area contributed by atoms with Gasteiger partial charge in [-0.05, 0) is 55.0 Å². The van der Waals surface area contributed by atoms with E-state index >= 15 is 0 Å². The van der Waals surface area contributed by atoms with Crippen molar-refractivity contribution in [3.05, 3.63) is 70.3 Å². The Bertz CT molecular complexity index is 803. The molecule has 0 amide bonds. The van der Waals surface area contributed by atoms with Gasteiger partial charge in [0.25, 0.3) is 0 Å². The van der Waals surface area contributed by atoms with Crippen LogP contribution in [0.4, 0.5) is 18.9 Å². The second kappa shape index (κ2) is 7.18. The van der Waals surface area contributed by atoms with E-state index in [9.17, 15) is 13.2 Å². The summed E-state index contributed by atoms with van der Waals surface area (Å²) in [6.45, 7) is 11.8. The average Bonchev–Trinajstić information content (AvgIpc) is 2.51. The molecular formula is C22H26F3N. The smallest absolute Gasteiger partial charge is 0.355 e. The van der Waals surface area contributed by atoms with Crippen molar-refractivity contribution in [2.24, 2.45) is 0 Å². The molecule has 0 saturated carbocycles. The molecule has 1 nitrogen and oxygen atoms in total. The highest BCUT2D eigenvalue weighted by Gasteiger charge is 2.33. The summed E-state index contributed by atoms with van der Waals surface area (Å²) in [6.07, 6.45) is -4.36. The number of benzene rings is 2. The van der Waals surface area contributed by atoms with E-state index in [1.165, 1.54) is 18.6 Å². The summed E-state index contributed by atoms with van der Waals surface area (Å²) in [4.78, 5) is 0. The number of hydrogen-bond acceptors (Lipinski definition) is 1. The molecule has 0 heterocycles. The van der Waals surface area contributed by atoms with Crippen LogP contribution >= 0.6 is 0 Å². The van der Waals surface area contributed by atoms with Crippen molar-refractivity contribution in [3.63, 3.8) is 0 Å². The summed E-state index contributed by atoms with van der Waals surface area (Å²) in [5.41, 5.74) is 4.10. The highest BCUT2D eigenvalue weighted by molar-refractivity contribution is 5.80. The van der Waals surface area contributed by atoms with Gasteiger partial charge in [-0.25, -0.2) is 0 Å². The van der Waals surface area contributed by atoms with Gasteiger partial charge in [0.05, 0.1) is 5.56 Å². The van der Waals surface area contributed by atoms with Crippen molar-refractivity contribution in [2.45, 2.75) is 53.1 Å². The molecule has 0 unspecified atom stereocenters. The van der Waals surface area contributed by atoms with Crippen LogP contribution in [0.3, 0.4) is 0 Å². The monoisotopic (exact) mass is 361 g/mol. The zero-order valence-electron chi connectivity index (χ0n) is 16.2. The molecule has 4 heteroatoms. The van der Waals surface area contributed by atoms with Crippen LogP contribution in [-0.4, -0.2) is 0 Å². The van der Waals surface area contributed by atoms with E-state index in [1.54, 1.807) is 6.07 Å². The number of nitrogens with one attached hydrogen (secondary N) is 1. The van der Waals surface area contributed by atoms with Gasteiger partial charge < -0.3 is 5.32 Å². The van der Waals surface area contributed by atoms with Gasteiger partial charge in [0.15, 0.2) is 0 Å². The Balaban J connectivity index is 2.41. The van der Waals surface area contributed by atoms with Crippen LogP contribution in [0.1, 0.15) is 56.9 Å². The summed E-state index contributed by atoms with van der Waals surface area (Å²) in [6, 6.07) is 12.4. The Morgan fingerprint density at radius 3 is 1.92 bits per heavy atom. The van der Waals surface area contributed by atoms with Crippen molar-refractivity contribution in [1.82, 2.24) is 0 Å². The maximum atomic E-state index is 13.2. The van der Waals surface area contributed by atoms with E-state index in [2.05, 4.69) is 38.2 Å². The van der Waals surface area contributed by atoms with Crippen molar-refractivity contribution in [2.75, 3.05) is 5.32 Å². The van der Waals surface area contributed by atoms with Gasteiger partial charge in [0, 0.05) is 11.4 Å². The van der Waals surface area contributed by atoms with Crippen molar-refractivity contribution >= 4 is 11.4 Å². The minimum Gasteiger partial charge on any atom is -0.355 e. The lowest BCUT2D eigenvalue weighted by molar-refractivity contribution is -0.138. The van der Waals surface area contributed by atoms with Crippen molar-refractivity contribution in [3.8, 4) is 0 Å². The molecule has 2 rings (SSSR count). The molecule has 0 aliphatic heterocycles. The fraction of sp³-hybridized carbons (Fsp3) is 0.364. The molecule has 0 bridgehead atoms. The van der Waals surface area contributed by atoms with Crippen LogP contribution in [0.2, 0.25) is 0 Å². The zero-order chi connectivity index (χ0) is 19.7. The predicted octanol–water partition coefficient (Wildman–Crippen LogP) is 7.17. The molecule has 0 fully saturated rings. The topological polar surface area (TPSA) is 12.0 Å². The maximum absolute atomic E-state index is 13.2. The second-order valence-corrected chi connectivity index (χ2v) is 7.80. The van der Waals surface area contributed by atoms with Crippen LogP contribution in [0.25, 0.3) is 5.70 Å². The fourth-order valence-electron chi connectivity index (χ4n) is 2.84. The fourth-order valence-corrected chi connectivity index (χ4v) is 2.84. The molecule has 0 saturated heterocycles. The van der Waals surface area contributed by atoms with E-state index in [-0.39, 0.29) is 11.0 Å². The summed E-state index contributed by atoms with van der Waals surface area (Å²) < 4.78 is 39.5. The minimum atomic E-state index is -4.36. The molecule has 1 N–H and O–H groups in total. The summed E-state index contributed by atoms with van der Waals surface area (Å²) in [5, 5.41) is 3.21. The number of halogens is 3. The Kier molecular flexibility index (Phi) is 5.55. The molecule has 0 aromatic heterocycles. The normalized spacial score (nSPS) is 12.0. The van der Waals surface area contributed by atoms with E-state index in [4.69, 9.17) is 0 Å². The van der Waals surface area contributed by atoms with E-state index in [1.807, 2.05) is 26.0 Å². The third kappa shape index (κ3) is 4.48. The predicted molar refractivity (Wildman–Crippen MR) is 103 cm³/mol. The highest BCUT2D eigenvalue weighted by atomic mass is 19.4. The molecule has 0 atom stereocenters. The quantitative estimate of drug-likeness (QED) is 0.611. The molecule has 2 aromatic rings. The Morgan fingerprint density at radius 2 is 1.46 bits per heavy atom. The first kappa shape index (κ1) is 20.1. The van der Waals surface area contributed by atoms with Gasteiger partial charge in [-0.1, -0.05) is 56.7 Å². The minimum absolute atomic E-state index is 0.0503. The first-order chi connectivity index (χ1) is 11.9. The number of hydrogen-bond donors (Lipinski definition) is 1. The number of rotatable bonds is 3. The summed E-state index contributed by atoms with van der Waals surface area (Å²) in [7, 11) is 0. The first-order valence-electron chi connectivity index (χ1n) is 8.63. The van der Waals surface area contributed by atoms with Gasteiger partial charge in [-0.15, -0.1) is 0 Å². The van der Waals surface area contributed by atoms with Gasteiger partial charge in [0.1, 0.15) is 0 Å². The first-order valence-corrected chi connectivity index (χ1v) is 8.63. The summed E-state index contributed by atoms with van der Waals surface area (Å²) >= 11 is 0. The highest BCUT2D eigenvalue weighted by Crippen LogP contribution is 2.36. The number of alkyl halides is 3. The lowest BCUT2D eigenvalue weighted by Gasteiger charge is -2.21. The molecule has 0 spiro atoms. The number of anilines is 1. The molecule has 0 radical (unpaired) electrons. The third-order valence-corrected chi connectivity index (χ3v) is 4.44. The second-order valence-electron chi connectivity index (χ2n) is 7.80. The standard InChI is InChI=1S/C22H26F3N/c1-14(2)20(16-10-12-17(13-11-16)21(4,5)6)26-19-9-7-8-18(15(19)3)22(23,24)25/h7-13,26H,1-6H3. The summed E-state index contributed by atoms with van der Waals surface area (Å²) in [5.74, 6) is 0. The van der Waals surface area contributed by atoms with Crippen LogP contribution in [0.5, 0.6) is 0 Å². The average molecular weight is 361 g/mol. The van der Waals surface area contributed by atoms with Crippen molar-refractivity contribution in [1.29, 1.82) is 0 Å². The molecule has 140 valence electrons. The lowest BCUT2D eigenvalue weighted by atomic mass is 9.86. The Morgan fingerprint density at radius 1 is 0.885 bits per heavy atom. The van der Waals surface area contributed by atoms with Crippen molar-refractivity contribution < 1.29 is 13.2 Å². The largest absolute Gasteiger partial charge is 0.416 e. The van der Waals surface area contributed by atoms with Crippen LogP contribution in [-0.2, 0) is 11.6 Å². The molecular weight excluding hydrogens is 335 g/mol. The van der Waals surface area contributed by atoms with Crippen LogP contribution in [0, 0.1) is 6.92 Å². The molecule has 26 heavy (non-hydrogen) atoms. The molecule has 2 aromatic carbocycles. The van der Waals surface area contributed by atoms with Gasteiger partial charge in [-0.2, -0.15) is 13.2 Å². The van der Waals surface area contributed by atoms with E-state index in [0.29, 0.717) is 5.69 Å². The van der Waals surface area contributed by atoms with Crippen LogP contribution in [0.15, 0.2) is 48.0 Å². The lowest BCUT2D eigenvalue weighted by Crippen LogP contribution is -2.12. The Hall–Kier alpha value is -2.23. The Labute approximate surface area is 153 Å². The van der Waals surface area contributed by atoms with Gasteiger partial charge >= 0.3 is 6.18 Å². The zero-order valence-corrected chi connectivity index (χ0v) is 16.2. The van der Waals surface area contributed by atoms with Gasteiger partial charge in [0.2, 0.25) is 0 Å². The molecule has 0 aliphatic carbocycles. The van der Waals surface area contributed by atoms with Gasteiger partial charge in [-0.3, -0.25) is 0 Å². The maximum Gasteiger partial charge on any atom is 0.416 e. The van der Waals surface area contributed by atoms with Crippen LogP contribution < -0.4 is 5.32 Å².